The lowest BCUT2D eigenvalue weighted by Gasteiger charge is -2.28. The molecule has 0 atom stereocenters. The number of carbonyl (C=O) groups is 1. The van der Waals surface area contributed by atoms with Crippen molar-refractivity contribution in [2.75, 3.05) is 32.6 Å². The molecule has 5 heteroatoms. The molecule has 0 unspecified atom stereocenters. The SMILES string of the molecule is COc1ccc(NC(=O)CCN(C)CC2(O)CCCC2)cc1. The van der Waals surface area contributed by atoms with E-state index in [0.29, 0.717) is 19.5 Å². The van der Waals surface area contributed by atoms with Crippen molar-refractivity contribution in [2.45, 2.75) is 37.7 Å². The van der Waals surface area contributed by atoms with Crippen molar-refractivity contribution in [1.29, 1.82) is 0 Å². The van der Waals surface area contributed by atoms with Gasteiger partial charge < -0.3 is 20.1 Å². The van der Waals surface area contributed by atoms with Gasteiger partial charge in [0.1, 0.15) is 5.75 Å². The van der Waals surface area contributed by atoms with E-state index in [2.05, 4.69) is 5.32 Å². The van der Waals surface area contributed by atoms with Gasteiger partial charge in [0.25, 0.3) is 0 Å². The van der Waals surface area contributed by atoms with Crippen molar-refractivity contribution < 1.29 is 14.6 Å². The predicted octanol–water partition coefficient (Wildman–Crippen LogP) is 2.26. The van der Waals surface area contributed by atoms with Gasteiger partial charge in [0, 0.05) is 25.2 Å². The van der Waals surface area contributed by atoms with E-state index in [-0.39, 0.29) is 5.91 Å². The first-order chi connectivity index (χ1) is 10.5. The monoisotopic (exact) mass is 306 g/mol. The van der Waals surface area contributed by atoms with Crippen LogP contribution in [0.1, 0.15) is 32.1 Å². The van der Waals surface area contributed by atoms with Crippen LogP contribution in [-0.4, -0.2) is 48.8 Å². The lowest BCUT2D eigenvalue weighted by molar-refractivity contribution is -0.116. The van der Waals surface area contributed by atoms with E-state index in [1.165, 1.54) is 0 Å². The highest BCUT2D eigenvalue weighted by molar-refractivity contribution is 5.90. The van der Waals surface area contributed by atoms with Gasteiger partial charge in [0.05, 0.1) is 12.7 Å². The van der Waals surface area contributed by atoms with E-state index in [1.54, 1.807) is 7.11 Å². The Bertz CT molecular complexity index is 481. The van der Waals surface area contributed by atoms with Crippen LogP contribution in [0.5, 0.6) is 5.75 Å². The van der Waals surface area contributed by atoms with Gasteiger partial charge in [-0.15, -0.1) is 0 Å². The predicted molar refractivity (Wildman–Crippen MR) is 87.2 cm³/mol. The van der Waals surface area contributed by atoms with Crippen molar-refractivity contribution in [1.82, 2.24) is 4.90 Å². The lowest BCUT2D eigenvalue weighted by Crippen LogP contribution is -2.40. The van der Waals surface area contributed by atoms with E-state index in [0.717, 1.165) is 37.1 Å². The van der Waals surface area contributed by atoms with Gasteiger partial charge in [-0.2, -0.15) is 0 Å². The fourth-order valence-corrected chi connectivity index (χ4v) is 2.96. The standard InChI is InChI=1S/C17H26N2O3/c1-19(13-17(21)10-3-4-11-17)12-9-16(20)18-14-5-7-15(22-2)8-6-14/h5-8,21H,3-4,9-13H2,1-2H3,(H,18,20). The first-order valence-electron chi connectivity index (χ1n) is 7.86. The summed E-state index contributed by atoms with van der Waals surface area (Å²) in [5.74, 6) is 0.748. The van der Waals surface area contributed by atoms with Crippen LogP contribution in [0.3, 0.4) is 0 Å². The number of methoxy groups -OCH3 is 1. The van der Waals surface area contributed by atoms with Gasteiger partial charge in [0.2, 0.25) is 5.91 Å². The van der Waals surface area contributed by atoms with Crippen LogP contribution in [0.15, 0.2) is 24.3 Å². The molecule has 2 rings (SSSR count). The summed E-state index contributed by atoms with van der Waals surface area (Å²) in [5, 5.41) is 13.2. The Balaban J connectivity index is 1.72. The Morgan fingerprint density at radius 3 is 2.55 bits per heavy atom. The molecular weight excluding hydrogens is 280 g/mol. The van der Waals surface area contributed by atoms with Crippen LogP contribution in [0.25, 0.3) is 0 Å². The highest BCUT2D eigenvalue weighted by Gasteiger charge is 2.32. The number of hydrogen-bond acceptors (Lipinski definition) is 4. The Morgan fingerprint density at radius 1 is 1.32 bits per heavy atom. The minimum Gasteiger partial charge on any atom is -0.497 e. The van der Waals surface area contributed by atoms with Crippen molar-refractivity contribution >= 4 is 11.6 Å². The molecule has 2 N–H and O–H groups in total. The molecule has 5 nitrogen and oxygen atoms in total. The van der Waals surface area contributed by atoms with E-state index < -0.39 is 5.60 Å². The Kier molecular flexibility index (Phi) is 5.80. The number of likely N-dealkylation sites (N-methyl/N-ethyl adjacent to an activating group) is 1. The van der Waals surface area contributed by atoms with E-state index in [4.69, 9.17) is 4.74 Å². The average molecular weight is 306 g/mol. The van der Waals surface area contributed by atoms with E-state index >= 15 is 0 Å². The number of carbonyl (C=O) groups excluding carboxylic acids is 1. The van der Waals surface area contributed by atoms with Crippen LogP contribution < -0.4 is 10.1 Å². The first kappa shape index (κ1) is 16.8. The van der Waals surface area contributed by atoms with Crippen molar-refractivity contribution in [2.24, 2.45) is 0 Å². The van der Waals surface area contributed by atoms with Crippen LogP contribution in [0.2, 0.25) is 0 Å². The van der Waals surface area contributed by atoms with Gasteiger partial charge >= 0.3 is 0 Å². The molecule has 0 aliphatic heterocycles. The first-order valence-corrected chi connectivity index (χ1v) is 7.86. The summed E-state index contributed by atoms with van der Waals surface area (Å²) in [5.41, 5.74) is 0.212. The number of amides is 1. The maximum Gasteiger partial charge on any atom is 0.225 e. The number of anilines is 1. The molecule has 1 fully saturated rings. The molecule has 1 amide bonds. The van der Waals surface area contributed by atoms with Crippen molar-refractivity contribution in [3.8, 4) is 5.75 Å². The number of benzene rings is 1. The third kappa shape index (κ3) is 5.00. The maximum atomic E-state index is 12.0. The molecule has 0 spiro atoms. The fourth-order valence-electron chi connectivity index (χ4n) is 2.96. The minimum atomic E-state index is -0.554. The highest BCUT2D eigenvalue weighted by Crippen LogP contribution is 2.29. The van der Waals surface area contributed by atoms with Crippen LogP contribution in [-0.2, 0) is 4.79 Å². The summed E-state index contributed by atoms with van der Waals surface area (Å²) < 4.78 is 5.08. The van der Waals surface area contributed by atoms with Crippen molar-refractivity contribution in [3.63, 3.8) is 0 Å². The lowest BCUT2D eigenvalue weighted by atomic mass is 10.0. The summed E-state index contributed by atoms with van der Waals surface area (Å²) >= 11 is 0. The van der Waals surface area contributed by atoms with E-state index in [1.807, 2.05) is 36.2 Å². The second kappa shape index (κ2) is 7.61. The average Bonchev–Trinajstić information content (AvgIpc) is 2.92. The number of nitrogens with zero attached hydrogens (tertiary/aromatic N) is 1. The largest absolute Gasteiger partial charge is 0.497 e. The van der Waals surface area contributed by atoms with Crippen LogP contribution in [0, 0.1) is 0 Å². The highest BCUT2D eigenvalue weighted by atomic mass is 16.5. The normalized spacial score (nSPS) is 16.7. The van der Waals surface area contributed by atoms with E-state index in [9.17, 15) is 9.90 Å². The molecule has 0 saturated heterocycles. The molecule has 22 heavy (non-hydrogen) atoms. The van der Waals surface area contributed by atoms with Crippen molar-refractivity contribution in [3.05, 3.63) is 24.3 Å². The molecule has 1 aromatic rings. The zero-order valence-electron chi connectivity index (χ0n) is 13.5. The summed E-state index contributed by atoms with van der Waals surface area (Å²) in [6, 6.07) is 7.28. The summed E-state index contributed by atoms with van der Waals surface area (Å²) in [6.07, 6.45) is 4.36. The summed E-state index contributed by atoms with van der Waals surface area (Å²) in [4.78, 5) is 14.0. The summed E-state index contributed by atoms with van der Waals surface area (Å²) in [7, 11) is 3.57. The topological polar surface area (TPSA) is 61.8 Å². The molecule has 0 aromatic heterocycles. The molecule has 1 saturated carbocycles. The second-order valence-electron chi connectivity index (χ2n) is 6.20. The quantitative estimate of drug-likeness (QED) is 0.811. The van der Waals surface area contributed by atoms with Gasteiger partial charge in [-0.05, 0) is 44.2 Å². The third-order valence-electron chi connectivity index (χ3n) is 4.19. The number of nitrogens with one attached hydrogen (secondary N) is 1. The molecule has 0 radical (unpaired) electrons. The molecule has 1 aromatic carbocycles. The molecule has 0 heterocycles. The maximum absolute atomic E-state index is 12.0. The van der Waals surface area contributed by atoms with Gasteiger partial charge in [-0.3, -0.25) is 4.79 Å². The van der Waals surface area contributed by atoms with Crippen LogP contribution >= 0.6 is 0 Å². The molecule has 1 aliphatic rings. The minimum absolute atomic E-state index is 0.0181. The smallest absolute Gasteiger partial charge is 0.225 e. The zero-order chi connectivity index (χ0) is 16.0. The summed E-state index contributed by atoms with van der Waals surface area (Å²) in [6.45, 7) is 1.28. The third-order valence-corrected chi connectivity index (χ3v) is 4.19. The number of aliphatic hydroxyl groups is 1. The fraction of sp³-hybridized carbons (Fsp3) is 0.588. The number of ether oxygens (including phenoxy) is 1. The second-order valence-corrected chi connectivity index (χ2v) is 6.20. The Labute approximate surface area is 132 Å². The van der Waals surface area contributed by atoms with Gasteiger partial charge in [-0.1, -0.05) is 12.8 Å². The Morgan fingerprint density at radius 2 is 1.95 bits per heavy atom. The molecule has 0 bridgehead atoms. The number of hydrogen-bond donors (Lipinski definition) is 2. The number of rotatable bonds is 7. The Hall–Kier alpha value is -1.59. The van der Waals surface area contributed by atoms with Gasteiger partial charge in [-0.25, -0.2) is 0 Å². The molecule has 122 valence electrons. The van der Waals surface area contributed by atoms with Gasteiger partial charge in [0.15, 0.2) is 0 Å². The van der Waals surface area contributed by atoms with Crippen LogP contribution in [0.4, 0.5) is 5.69 Å². The molecule has 1 aliphatic carbocycles. The zero-order valence-corrected chi connectivity index (χ0v) is 13.5. The molecular formula is C17H26N2O3.